The third-order valence-corrected chi connectivity index (χ3v) is 18.4. The molecule has 7 heteroatoms. The van der Waals surface area contributed by atoms with Crippen molar-refractivity contribution in [2.45, 2.75) is 0 Å². The maximum atomic E-state index is 6.34. The zero-order valence-corrected chi connectivity index (χ0v) is 38.3. The fourth-order valence-electron chi connectivity index (χ4n) is 10.4. The van der Waals surface area contributed by atoms with Crippen LogP contribution in [0.25, 0.3) is 94.7 Å². The molecule has 13 aromatic rings. The Morgan fingerprint density at radius 3 is 1.58 bits per heavy atom. The van der Waals surface area contributed by atoms with Gasteiger partial charge in [-0.2, -0.15) is 9.97 Å². The average Bonchev–Trinajstić information content (AvgIpc) is 3.98. The molecule has 13 rings (SSSR count). The summed E-state index contributed by atoms with van der Waals surface area (Å²) < 4.78 is 8.53. The van der Waals surface area contributed by atoms with Gasteiger partial charge in [0.25, 0.3) is 0 Å². The van der Waals surface area contributed by atoms with Crippen LogP contribution >= 0.6 is 0 Å². The van der Waals surface area contributed by atoms with Gasteiger partial charge in [0.15, 0.2) is 25.3 Å². The molecule has 0 saturated carbocycles. The number of fused-ring (bicyclic) bond motifs is 6. The fourth-order valence-corrected chi connectivity index (χ4v) is 15.1. The highest BCUT2D eigenvalue weighted by Crippen LogP contribution is 2.38. The van der Waals surface area contributed by atoms with E-state index in [1.807, 2.05) is 18.2 Å². The largest absolute Gasteiger partial charge is 0.454 e. The van der Waals surface area contributed by atoms with Crippen molar-refractivity contribution >= 4 is 72.6 Å². The Morgan fingerprint density at radius 1 is 0.362 bits per heavy atom. The number of hydrogen-bond donors (Lipinski definition) is 0. The van der Waals surface area contributed by atoms with E-state index < -0.39 is 8.07 Å². The van der Waals surface area contributed by atoms with E-state index in [2.05, 4.69) is 228 Å². The minimum Gasteiger partial charge on any atom is -0.454 e. The summed E-state index contributed by atoms with van der Waals surface area (Å²) in [7, 11) is -2.77. The Balaban J connectivity index is 1.01. The van der Waals surface area contributed by atoms with Crippen molar-refractivity contribution in [3.05, 3.63) is 249 Å². The molecule has 0 atom stereocenters. The monoisotopic (exact) mass is 899 g/mol. The van der Waals surface area contributed by atoms with Gasteiger partial charge in [0.1, 0.15) is 5.58 Å². The minimum atomic E-state index is -2.77. The van der Waals surface area contributed by atoms with Crippen LogP contribution in [0.15, 0.2) is 253 Å². The van der Waals surface area contributed by atoms with E-state index in [0.717, 1.165) is 60.4 Å². The highest BCUT2D eigenvalue weighted by atomic mass is 28.3. The number of furan rings is 1. The molecule has 9 aromatic carbocycles. The molecule has 0 unspecified atom stereocenters. The van der Waals surface area contributed by atoms with Crippen LogP contribution in [0.5, 0.6) is 0 Å². The van der Waals surface area contributed by atoms with E-state index in [9.17, 15) is 0 Å². The van der Waals surface area contributed by atoms with Crippen LogP contribution in [0.3, 0.4) is 0 Å². The van der Waals surface area contributed by atoms with Crippen molar-refractivity contribution in [1.82, 2.24) is 24.5 Å². The van der Waals surface area contributed by atoms with Crippen LogP contribution in [0.4, 0.5) is 0 Å². The molecule has 0 aliphatic heterocycles. The van der Waals surface area contributed by atoms with Crippen molar-refractivity contribution in [1.29, 1.82) is 0 Å². The Morgan fingerprint density at radius 2 is 0.899 bits per heavy atom. The maximum absolute atomic E-state index is 6.34. The van der Waals surface area contributed by atoms with Gasteiger partial charge in [-0.05, 0) is 73.3 Å². The highest BCUT2D eigenvalue weighted by molar-refractivity contribution is 7.19. The van der Waals surface area contributed by atoms with Gasteiger partial charge in [-0.1, -0.05) is 206 Å². The van der Waals surface area contributed by atoms with E-state index in [-0.39, 0.29) is 0 Å². The summed E-state index contributed by atoms with van der Waals surface area (Å²) in [4.78, 5) is 20.5. The van der Waals surface area contributed by atoms with Crippen LogP contribution in [0.1, 0.15) is 0 Å². The number of aromatic nitrogens is 5. The summed E-state index contributed by atoms with van der Waals surface area (Å²) >= 11 is 0. The van der Waals surface area contributed by atoms with Gasteiger partial charge in [0.05, 0.1) is 17.2 Å². The van der Waals surface area contributed by atoms with Gasteiger partial charge >= 0.3 is 0 Å². The molecule has 0 N–H and O–H groups in total. The lowest BCUT2D eigenvalue weighted by Crippen LogP contribution is -2.74. The zero-order valence-electron chi connectivity index (χ0n) is 37.3. The summed E-state index contributed by atoms with van der Waals surface area (Å²) in [6.45, 7) is 0. The Bertz CT molecular complexity index is 3890. The molecule has 6 nitrogen and oxygen atoms in total. The molecule has 0 amide bonds. The molecule has 0 aliphatic rings. The first-order valence-electron chi connectivity index (χ1n) is 23.2. The number of pyridine rings is 1. The van der Waals surface area contributed by atoms with Crippen molar-refractivity contribution < 1.29 is 4.42 Å². The van der Waals surface area contributed by atoms with Crippen molar-refractivity contribution in [2.24, 2.45) is 0 Å². The smallest absolute Gasteiger partial charge is 0.238 e. The molecule has 0 radical (unpaired) electrons. The van der Waals surface area contributed by atoms with Gasteiger partial charge < -0.3 is 4.42 Å². The molecule has 0 spiro atoms. The van der Waals surface area contributed by atoms with E-state index >= 15 is 0 Å². The summed E-state index contributed by atoms with van der Waals surface area (Å²) in [6.07, 6.45) is 3.56. The third-order valence-electron chi connectivity index (χ3n) is 13.6. The lowest BCUT2D eigenvalue weighted by Gasteiger charge is -2.34. The number of benzene rings is 9. The summed E-state index contributed by atoms with van der Waals surface area (Å²) in [6, 6.07) is 84.5. The van der Waals surface area contributed by atoms with E-state index in [0.29, 0.717) is 23.2 Å². The van der Waals surface area contributed by atoms with Gasteiger partial charge in [0, 0.05) is 38.9 Å². The van der Waals surface area contributed by atoms with Crippen molar-refractivity contribution in [3.8, 4) is 51.0 Å². The standard InChI is InChI=1S/C62H41N5OSi/c1-5-16-42(17-6-1)43-28-30-44(31-29-43)46-34-37-56-54(40-46)51-24-13-14-26-55(51)67(56)62-65-60(64-61(66-62)53-25-15-27-57-59(53)52-38-39-63-41-58(52)68-57)45-32-35-50(36-33-45)69(47-18-7-2-8-19-47,48-20-9-3-10-21-48)49-22-11-4-12-23-49/h1-41H. The van der Waals surface area contributed by atoms with Gasteiger partial charge in [-0.3, -0.25) is 9.55 Å². The Labute approximate surface area is 399 Å². The third kappa shape index (κ3) is 6.78. The number of rotatable bonds is 9. The molecule has 4 heterocycles. The number of hydrogen-bond acceptors (Lipinski definition) is 5. The Hall–Kier alpha value is -9.04. The first kappa shape index (κ1) is 40.2. The first-order valence-corrected chi connectivity index (χ1v) is 25.2. The second-order valence-electron chi connectivity index (χ2n) is 17.4. The summed E-state index contributed by atoms with van der Waals surface area (Å²) in [5.74, 6) is 1.64. The quantitative estimate of drug-likeness (QED) is 0.107. The molecule has 0 aliphatic carbocycles. The predicted molar refractivity (Wildman–Crippen MR) is 285 cm³/mol. The normalized spacial score (nSPS) is 11.8. The topological polar surface area (TPSA) is 69.6 Å². The lowest BCUT2D eigenvalue weighted by molar-refractivity contribution is 0.667. The second kappa shape index (κ2) is 16.7. The summed E-state index contributed by atoms with van der Waals surface area (Å²) in [5, 5.41) is 9.32. The highest BCUT2D eigenvalue weighted by Gasteiger charge is 2.41. The van der Waals surface area contributed by atoms with Crippen LogP contribution < -0.4 is 20.7 Å². The molecule has 69 heavy (non-hydrogen) atoms. The second-order valence-corrected chi connectivity index (χ2v) is 21.2. The predicted octanol–water partition coefficient (Wildman–Crippen LogP) is 12.3. The first-order chi connectivity index (χ1) is 34.2. The van der Waals surface area contributed by atoms with Crippen LogP contribution in [0.2, 0.25) is 0 Å². The van der Waals surface area contributed by atoms with E-state index in [4.69, 9.17) is 19.4 Å². The lowest BCUT2D eigenvalue weighted by atomic mass is 9.99. The molecule has 4 aromatic heterocycles. The SMILES string of the molecule is c1ccc(-c2ccc(-c3ccc4c(c3)c3ccccc3n4-c3nc(-c4ccc([Si](c5ccccc5)(c5ccccc5)c5ccccc5)cc4)nc(-c4cccc5oc6cnccc6c45)n3)cc2)cc1. The van der Waals surface area contributed by atoms with Crippen LogP contribution in [0, 0.1) is 0 Å². The molecule has 0 saturated heterocycles. The summed E-state index contributed by atoms with van der Waals surface area (Å²) in [5.41, 5.74) is 9.87. The fraction of sp³-hybridized carbons (Fsp3) is 0. The van der Waals surface area contributed by atoms with Crippen molar-refractivity contribution in [3.63, 3.8) is 0 Å². The molecular formula is C62H41N5OSi. The zero-order chi connectivity index (χ0) is 45.7. The average molecular weight is 900 g/mol. The molecular weight excluding hydrogens is 859 g/mol. The van der Waals surface area contributed by atoms with Crippen LogP contribution in [-0.4, -0.2) is 32.6 Å². The van der Waals surface area contributed by atoms with E-state index in [1.165, 1.54) is 31.9 Å². The van der Waals surface area contributed by atoms with E-state index in [1.54, 1.807) is 12.4 Å². The number of nitrogens with zero attached hydrogens (tertiary/aromatic N) is 5. The van der Waals surface area contributed by atoms with Crippen LogP contribution in [-0.2, 0) is 0 Å². The van der Waals surface area contributed by atoms with Gasteiger partial charge in [0.2, 0.25) is 5.95 Å². The molecule has 324 valence electrons. The Kier molecular flexibility index (Phi) is 9.73. The molecule has 0 bridgehead atoms. The number of para-hydroxylation sites is 1. The van der Waals surface area contributed by atoms with Crippen molar-refractivity contribution in [2.75, 3.05) is 0 Å². The van der Waals surface area contributed by atoms with Gasteiger partial charge in [-0.15, -0.1) is 0 Å². The van der Waals surface area contributed by atoms with Gasteiger partial charge in [-0.25, -0.2) is 4.98 Å². The minimum absolute atomic E-state index is 0.526. The maximum Gasteiger partial charge on any atom is 0.238 e. The molecule has 0 fully saturated rings.